The topological polar surface area (TPSA) is 55.0 Å². The molecule has 1 saturated heterocycles. The van der Waals surface area contributed by atoms with E-state index in [1.165, 1.54) is 12.8 Å². The van der Waals surface area contributed by atoms with Gasteiger partial charge in [-0.3, -0.25) is 4.90 Å². The molecule has 0 amide bonds. The van der Waals surface area contributed by atoms with Crippen molar-refractivity contribution in [1.29, 1.82) is 0 Å². The van der Waals surface area contributed by atoms with E-state index in [1.807, 2.05) is 12.1 Å². The molecular formula is C17H24N4. The Balaban J connectivity index is 1.75. The maximum Gasteiger partial charge on any atom is 0.0930 e. The molecule has 1 fully saturated rings. The van der Waals surface area contributed by atoms with Crippen LogP contribution in [0.2, 0.25) is 0 Å². The van der Waals surface area contributed by atoms with Crippen LogP contribution >= 0.6 is 0 Å². The molecule has 0 unspecified atom stereocenters. The van der Waals surface area contributed by atoms with Crippen LogP contribution < -0.4 is 5.73 Å². The number of nitrogens with zero attached hydrogens (tertiary/aromatic N) is 3. The highest BCUT2D eigenvalue weighted by molar-refractivity contribution is 5.78. The van der Waals surface area contributed by atoms with E-state index >= 15 is 0 Å². The van der Waals surface area contributed by atoms with E-state index in [2.05, 4.69) is 41.1 Å². The fourth-order valence-electron chi connectivity index (χ4n) is 2.89. The second-order valence-corrected chi connectivity index (χ2v) is 6.87. The van der Waals surface area contributed by atoms with Crippen LogP contribution in [0.4, 0.5) is 0 Å². The minimum Gasteiger partial charge on any atom is -0.326 e. The first kappa shape index (κ1) is 14.4. The maximum atomic E-state index is 5.71. The number of likely N-dealkylation sites (tertiary alicyclic amines) is 1. The smallest absolute Gasteiger partial charge is 0.0930 e. The normalized spacial score (nSPS) is 19.0. The molecule has 3 rings (SSSR count). The summed E-state index contributed by atoms with van der Waals surface area (Å²) in [5.74, 6) is 0. The lowest BCUT2D eigenvalue weighted by Gasteiger charge is -2.36. The Morgan fingerprint density at radius 1 is 1.14 bits per heavy atom. The molecule has 1 aromatic heterocycles. The van der Waals surface area contributed by atoms with E-state index in [4.69, 9.17) is 5.73 Å². The van der Waals surface area contributed by atoms with Crippen LogP contribution in [0.5, 0.6) is 0 Å². The van der Waals surface area contributed by atoms with Crippen molar-refractivity contribution in [3.05, 3.63) is 35.5 Å². The van der Waals surface area contributed by atoms with Crippen molar-refractivity contribution < 1.29 is 0 Å². The van der Waals surface area contributed by atoms with Gasteiger partial charge in [-0.05, 0) is 55.1 Å². The molecule has 2 heterocycles. The van der Waals surface area contributed by atoms with E-state index in [1.54, 1.807) is 0 Å². The van der Waals surface area contributed by atoms with Gasteiger partial charge in [0.1, 0.15) is 0 Å². The zero-order valence-electron chi connectivity index (χ0n) is 13.0. The minimum atomic E-state index is 0.488. The molecule has 0 bridgehead atoms. The molecule has 0 radical (unpaired) electrons. The Morgan fingerprint density at radius 2 is 1.90 bits per heavy atom. The summed E-state index contributed by atoms with van der Waals surface area (Å²) in [6, 6.07) is 8.29. The highest BCUT2D eigenvalue weighted by Crippen LogP contribution is 2.30. The van der Waals surface area contributed by atoms with Crippen LogP contribution in [-0.4, -0.2) is 28.2 Å². The molecule has 0 spiro atoms. The minimum absolute atomic E-state index is 0.488. The highest BCUT2D eigenvalue weighted by atomic mass is 15.2. The van der Waals surface area contributed by atoms with Gasteiger partial charge in [-0.1, -0.05) is 19.9 Å². The summed E-state index contributed by atoms with van der Waals surface area (Å²) in [5.41, 5.74) is 9.33. The lowest BCUT2D eigenvalue weighted by molar-refractivity contribution is 0.125. The summed E-state index contributed by atoms with van der Waals surface area (Å²) >= 11 is 0. The average molecular weight is 284 g/mol. The van der Waals surface area contributed by atoms with Crippen molar-refractivity contribution in [2.24, 2.45) is 11.1 Å². The predicted octanol–water partition coefficient (Wildman–Crippen LogP) is 2.71. The number of rotatable bonds is 3. The first-order chi connectivity index (χ1) is 10.1. The first-order valence-corrected chi connectivity index (χ1v) is 7.73. The third kappa shape index (κ3) is 3.39. The third-order valence-electron chi connectivity index (χ3n) is 4.53. The highest BCUT2D eigenvalue weighted by Gasteiger charge is 2.25. The summed E-state index contributed by atoms with van der Waals surface area (Å²) in [6.45, 7) is 8.47. The summed E-state index contributed by atoms with van der Waals surface area (Å²) in [6.07, 6.45) is 2.51. The molecule has 4 nitrogen and oxygen atoms in total. The first-order valence-electron chi connectivity index (χ1n) is 7.73. The van der Waals surface area contributed by atoms with Crippen molar-refractivity contribution in [2.75, 3.05) is 13.1 Å². The van der Waals surface area contributed by atoms with Gasteiger partial charge in [0.2, 0.25) is 0 Å². The molecule has 21 heavy (non-hydrogen) atoms. The monoisotopic (exact) mass is 284 g/mol. The number of aromatic nitrogens is 2. The van der Waals surface area contributed by atoms with Gasteiger partial charge < -0.3 is 5.73 Å². The van der Waals surface area contributed by atoms with E-state index in [0.717, 1.165) is 41.8 Å². The van der Waals surface area contributed by atoms with E-state index in [-0.39, 0.29) is 0 Å². The van der Waals surface area contributed by atoms with Gasteiger partial charge in [0, 0.05) is 18.5 Å². The van der Waals surface area contributed by atoms with Crippen molar-refractivity contribution in [3.63, 3.8) is 0 Å². The Hall–Kier alpha value is -1.52. The van der Waals surface area contributed by atoms with Gasteiger partial charge in [0.05, 0.1) is 11.2 Å². The Bertz CT molecular complexity index is 626. The van der Waals surface area contributed by atoms with Crippen LogP contribution in [0.25, 0.3) is 10.9 Å². The van der Waals surface area contributed by atoms with Gasteiger partial charge in [-0.2, -0.15) is 10.2 Å². The quantitative estimate of drug-likeness (QED) is 0.941. The van der Waals surface area contributed by atoms with Crippen molar-refractivity contribution in [2.45, 2.75) is 39.8 Å². The fraction of sp³-hybridized carbons (Fsp3) is 0.529. The van der Waals surface area contributed by atoms with Crippen LogP contribution in [-0.2, 0) is 13.1 Å². The molecule has 1 aliphatic heterocycles. The third-order valence-corrected chi connectivity index (χ3v) is 4.53. The lowest BCUT2D eigenvalue weighted by Crippen LogP contribution is -2.37. The SMILES string of the molecule is CC1(C)CCN(Cc2cc3cc(CN)ccc3nn2)CC1. The summed E-state index contributed by atoms with van der Waals surface area (Å²) in [4.78, 5) is 2.48. The number of piperidine rings is 1. The second kappa shape index (κ2) is 5.70. The van der Waals surface area contributed by atoms with Gasteiger partial charge in [-0.15, -0.1) is 0 Å². The molecular weight excluding hydrogens is 260 g/mol. The van der Waals surface area contributed by atoms with Crippen LogP contribution in [0.3, 0.4) is 0 Å². The molecule has 112 valence electrons. The number of hydrogen-bond donors (Lipinski definition) is 1. The molecule has 1 aliphatic rings. The average Bonchev–Trinajstić information content (AvgIpc) is 2.48. The molecule has 0 atom stereocenters. The molecule has 4 heteroatoms. The van der Waals surface area contributed by atoms with Gasteiger partial charge >= 0.3 is 0 Å². The molecule has 0 aliphatic carbocycles. The maximum absolute atomic E-state index is 5.71. The van der Waals surface area contributed by atoms with Gasteiger partial charge in [0.15, 0.2) is 0 Å². The fourth-order valence-corrected chi connectivity index (χ4v) is 2.89. The summed E-state index contributed by atoms with van der Waals surface area (Å²) < 4.78 is 0. The van der Waals surface area contributed by atoms with Crippen molar-refractivity contribution in [1.82, 2.24) is 15.1 Å². The Kier molecular flexibility index (Phi) is 3.91. The van der Waals surface area contributed by atoms with Crippen LogP contribution in [0, 0.1) is 5.41 Å². The number of nitrogens with two attached hydrogens (primary N) is 1. The lowest BCUT2D eigenvalue weighted by atomic mass is 9.83. The zero-order valence-corrected chi connectivity index (χ0v) is 13.0. The van der Waals surface area contributed by atoms with E-state index in [9.17, 15) is 0 Å². The van der Waals surface area contributed by atoms with Crippen LogP contribution in [0.1, 0.15) is 37.9 Å². The zero-order chi connectivity index (χ0) is 14.9. The Morgan fingerprint density at radius 3 is 2.62 bits per heavy atom. The molecule has 1 aromatic carbocycles. The van der Waals surface area contributed by atoms with Crippen molar-refractivity contribution >= 4 is 10.9 Å². The summed E-state index contributed by atoms with van der Waals surface area (Å²) in [7, 11) is 0. The number of benzene rings is 1. The summed E-state index contributed by atoms with van der Waals surface area (Å²) in [5, 5.41) is 9.84. The second-order valence-electron chi connectivity index (χ2n) is 6.87. The molecule has 2 N–H and O–H groups in total. The number of fused-ring (bicyclic) bond motifs is 1. The standard InChI is InChI=1S/C17H24N4/c1-17(2)5-7-21(8-6-17)12-15-10-14-9-13(11-18)3-4-16(14)20-19-15/h3-4,9-10H,5-8,11-12,18H2,1-2H3. The molecule has 0 saturated carbocycles. The predicted molar refractivity (Wildman–Crippen MR) is 85.7 cm³/mol. The van der Waals surface area contributed by atoms with Gasteiger partial charge in [-0.25, -0.2) is 0 Å². The van der Waals surface area contributed by atoms with E-state index in [0.29, 0.717) is 12.0 Å². The van der Waals surface area contributed by atoms with E-state index < -0.39 is 0 Å². The Labute approximate surface area is 126 Å². The molecule has 2 aromatic rings. The van der Waals surface area contributed by atoms with Gasteiger partial charge in [0.25, 0.3) is 0 Å². The van der Waals surface area contributed by atoms with Crippen molar-refractivity contribution in [3.8, 4) is 0 Å². The largest absolute Gasteiger partial charge is 0.326 e. The number of hydrogen-bond acceptors (Lipinski definition) is 4. The van der Waals surface area contributed by atoms with Crippen LogP contribution in [0.15, 0.2) is 24.3 Å².